The first-order chi connectivity index (χ1) is 11.3. The van der Waals surface area contributed by atoms with Crippen molar-refractivity contribution in [3.8, 4) is 12.3 Å². The van der Waals surface area contributed by atoms with Crippen LogP contribution >= 0.6 is 0 Å². The largest absolute Gasteiger partial charge is 0.392 e. The number of terminal acetylenes is 1. The lowest BCUT2D eigenvalue weighted by atomic mass is 9.44. The molecule has 0 aromatic rings. The molecule has 4 saturated carbocycles. The molecule has 0 spiro atoms. The molecule has 3 heteroatoms. The van der Waals surface area contributed by atoms with Crippen LogP contribution in [0.1, 0.15) is 58.8 Å². The summed E-state index contributed by atoms with van der Waals surface area (Å²) in [6.07, 6.45) is 10.6. The topological polar surface area (TPSA) is 54.4 Å². The van der Waals surface area contributed by atoms with Crippen molar-refractivity contribution in [2.24, 2.45) is 40.4 Å². The molecule has 0 bridgehead atoms. The van der Waals surface area contributed by atoms with Crippen LogP contribution in [0.2, 0.25) is 0 Å². The lowest BCUT2D eigenvalue weighted by Gasteiger charge is -2.59. The second kappa shape index (κ2) is 5.18. The fourth-order valence-corrected chi connectivity index (χ4v) is 6.92. The molecule has 0 unspecified atom stereocenters. The molecule has 8 atom stereocenters. The van der Waals surface area contributed by atoms with E-state index in [0.29, 0.717) is 36.7 Å². The Kier molecular flexibility index (Phi) is 3.52. The molecule has 0 aromatic carbocycles. The number of aliphatic hydroxyl groups excluding tert-OH is 1. The van der Waals surface area contributed by atoms with Gasteiger partial charge in [-0.3, -0.25) is 9.59 Å². The lowest BCUT2D eigenvalue weighted by Crippen LogP contribution is -2.58. The summed E-state index contributed by atoms with van der Waals surface area (Å²) in [5.74, 6) is 4.18. The maximum atomic E-state index is 13.1. The zero-order chi connectivity index (χ0) is 17.3. The fourth-order valence-electron chi connectivity index (χ4n) is 6.92. The summed E-state index contributed by atoms with van der Waals surface area (Å²) in [6, 6.07) is 0. The van der Waals surface area contributed by atoms with E-state index in [4.69, 9.17) is 6.42 Å². The molecule has 4 aliphatic rings. The van der Waals surface area contributed by atoms with Gasteiger partial charge in [-0.2, -0.15) is 0 Å². The SMILES string of the molecule is C#C[C@@H]1C[C@@H]2CC(=O)[C@H]3[C@H](CC[C@]4(C)C(=O)CC[C@@H]34)[C@@]2(C)C[C@@H]1O. The zero-order valence-electron chi connectivity index (χ0n) is 14.8. The number of rotatable bonds is 0. The summed E-state index contributed by atoms with van der Waals surface area (Å²) in [7, 11) is 0. The fraction of sp³-hybridized carbons (Fsp3) is 0.810. The predicted octanol–water partition coefficient (Wildman–Crippen LogP) is 3.00. The first-order valence-electron chi connectivity index (χ1n) is 9.51. The molecule has 4 rings (SSSR count). The molecule has 24 heavy (non-hydrogen) atoms. The van der Waals surface area contributed by atoms with Crippen LogP contribution in [-0.4, -0.2) is 22.8 Å². The molecule has 130 valence electrons. The molecule has 4 aliphatic carbocycles. The minimum absolute atomic E-state index is 0.0156. The highest BCUT2D eigenvalue weighted by Crippen LogP contribution is 2.64. The van der Waals surface area contributed by atoms with Crippen LogP contribution in [0, 0.1) is 52.8 Å². The van der Waals surface area contributed by atoms with E-state index in [1.165, 1.54) is 0 Å². The zero-order valence-corrected chi connectivity index (χ0v) is 14.8. The Morgan fingerprint density at radius 1 is 1.21 bits per heavy atom. The van der Waals surface area contributed by atoms with Crippen molar-refractivity contribution in [2.45, 2.75) is 64.9 Å². The van der Waals surface area contributed by atoms with Gasteiger partial charge in [0.05, 0.1) is 6.10 Å². The Morgan fingerprint density at radius 2 is 1.96 bits per heavy atom. The van der Waals surface area contributed by atoms with Crippen molar-refractivity contribution in [1.29, 1.82) is 0 Å². The van der Waals surface area contributed by atoms with E-state index in [9.17, 15) is 14.7 Å². The number of ketones is 2. The van der Waals surface area contributed by atoms with E-state index < -0.39 is 6.10 Å². The van der Waals surface area contributed by atoms with Crippen LogP contribution in [0.25, 0.3) is 0 Å². The van der Waals surface area contributed by atoms with Gasteiger partial charge in [0.25, 0.3) is 0 Å². The smallest absolute Gasteiger partial charge is 0.139 e. The molecular formula is C21H28O3. The highest BCUT2D eigenvalue weighted by atomic mass is 16.3. The highest BCUT2D eigenvalue weighted by Gasteiger charge is 2.63. The van der Waals surface area contributed by atoms with E-state index in [-0.39, 0.29) is 34.5 Å². The van der Waals surface area contributed by atoms with Crippen LogP contribution in [-0.2, 0) is 9.59 Å². The van der Waals surface area contributed by atoms with Crippen LogP contribution in [0.5, 0.6) is 0 Å². The van der Waals surface area contributed by atoms with E-state index in [1.54, 1.807) is 0 Å². The Labute approximate surface area is 144 Å². The summed E-state index contributed by atoms with van der Waals surface area (Å²) in [6.45, 7) is 4.37. The van der Waals surface area contributed by atoms with E-state index >= 15 is 0 Å². The number of aliphatic hydroxyl groups is 1. The first-order valence-corrected chi connectivity index (χ1v) is 9.51. The molecule has 4 fully saturated rings. The van der Waals surface area contributed by atoms with Crippen molar-refractivity contribution < 1.29 is 14.7 Å². The van der Waals surface area contributed by atoms with Gasteiger partial charge in [0, 0.05) is 30.1 Å². The number of hydrogen-bond donors (Lipinski definition) is 1. The van der Waals surface area contributed by atoms with Crippen molar-refractivity contribution in [1.82, 2.24) is 0 Å². The quantitative estimate of drug-likeness (QED) is 0.696. The average molecular weight is 328 g/mol. The molecule has 0 saturated heterocycles. The van der Waals surface area contributed by atoms with Crippen LogP contribution in [0.15, 0.2) is 0 Å². The number of carbonyl (C=O) groups is 2. The van der Waals surface area contributed by atoms with E-state index in [0.717, 1.165) is 25.7 Å². The number of fused-ring (bicyclic) bond motifs is 5. The van der Waals surface area contributed by atoms with Crippen LogP contribution < -0.4 is 0 Å². The third kappa shape index (κ3) is 1.96. The number of carbonyl (C=O) groups excluding carboxylic acids is 2. The molecular weight excluding hydrogens is 300 g/mol. The second-order valence-electron chi connectivity index (χ2n) is 9.31. The molecule has 0 radical (unpaired) electrons. The minimum Gasteiger partial charge on any atom is -0.392 e. The Bertz CT molecular complexity index is 631. The number of Topliss-reactive ketones (excluding diaryl/α,β-unsaturated/α-hetero) is 2. The highest BCUT2D eigenvalue weighted by molar-refractivity contribution is 5.90. The van der Waals surface area contributed by atoms with Gasteiger partial charge in [-0.25, -0.2) is 0 Å². The van der Waals surface area contributed by atoms with Crippen molar-refractivity contribution >= 4 is 11.6 Å². The van der Waals surface area contributed by atoms with Gasteiger partial charge in [-0.15, -0.1) is 12.3 Å². The predicted molar refractivity (Wildman–Crippen MR) is 90.8 cm³/mol. The molecule has 0 aromatic heterocycles. The average Bonchev–Trinajstić information content (AvgIpc) is 2.83. The molecule has 1 N–H and O–H groups in total. The number of hydrogen-bond acceptors (Lipinski definition) is 3. The second-order valence-corrected chi connectivity index (χ2v) is 9.31. The lowest BCUT2D eigenvalue weighted by molar-refractivity contribution is -0.164. The Balaban J connectivity index is 1.70. The van der Waals surface area contributed by atoms with Gasteiger partial charge >= 0.3 is 0 Å². The monoisotopic (exact) mass is 328 g/mol. The first kappa shape index (κ1) is 16.3. The van der Waals surface area contributed by atoms with Crippen LogP contribution in [0.4, 0.5) is 0 Å². The maximum Gasteiger partial charge on any atom is 0.139 e. The Morgan fingerprint density at radius 3 is 2.67 bits per heavy atom. The third-order valence-electron chi connectivity index (χ3n) is 8.44. The Hall–Kier alpha value is -1.14. The maximum absolute atomic E-state index is 13.1. The summed E-state index contributed by atoms with van der Waals surface area (Å²) < 4.78 is 0. The van der Waals surface area contributed by atoms with Gasteiger partial charge in [-0.1, -0.05) is 13.8 Å². The summed E-state index contributed by atoms with van der Waals surface area (Å²) >= 11 is 0. The van der Waals surface area contributed by atoms with Crippen LogP contribution in [0.3, 0.4) is 0 Å². The molecule has 0 aliphatic heterocycles. The van der Waals surface area contributed by atoms with Crippen molar-refractivity contribution in [3.05, 3.63) is 0 Å². The van der Waals surface area contributed by atoms with Gasteiger partial charge in [0.15, 0.2) is 0 Å². The molecule has 0 amide bonds. The standard InChI is InChI=1S/C21H28O3/c1-4-12-9-13-10-16(22)19-14-5-6-18(24)20(14,2)8-7-15(19)21(13,3)11-17(12)23/h1,12-15,17,19,23H,5-11H2,2-3H3/t12-,13-,14+,15+,17+,19-,20+,21+/m1/s1. The van der Waals surface area contributed by atoms with Crippen molar-refractivity contribution in [2.75, 3.05) is 0 Å². The third-order valence-corrected chi connectivity index (χ3v) is 8.44. The van der Waals surface area contributed by atoms with Gasteiger partial charge in [0.2, 0.25) is 0 Å². The van der Waals surface area contributed by atoms with Gasteiger partial charge in [-0.05, 0) is 55.3 Å². The van der Waals surface area contributed by atoms with E-state index in [2.05, 4.69) is 19.8 Å². The molecule has 3 nitrogen and oxygen atoms in total. The summed E-state index contributed by atoms with van der Waals surface area (Å²) in [5.41, 5.74) is -0.299. The minimum atomic E-state index is -0.455. The van der Waals surface area contributed by atoms with E-state index in [1.807, 2.05) is 0 Å². The summed E-state index contributed by atoms with van der Waals surface area (Å²) in [5, 5.41) is 10.5. The van der Waals surface area contributed by atoms with Crippen molar-refractivity contribution in [3.63, 3.8) is 0 Å². The molecule has 0 heterocycles. The van der Waals surface area contributed by atoms with Gasteiger partial charge in [0.1, 0.15) is 11.6 Å². The normalized spacial score (nSPS) is 53.8. The summed E-state index contributed by atoms with van der Waals surface area (Å²) in [4.78, 5) is 25.5. The van der Waals surface area contributed by atoms with Gasteiger partial charge < -0.3 is 5.11 Å².